The topological polar surface area (TPSA) is 42.4 Å². The van der Waals surface area contributed by atoms with Crippen LogP contribution in [-0.2, 0) is 0 Å². The van der Waals surface area contributed by atoms with Gasteiger partial charge in [0.15, 0.2) is 5.58 Å². The van der Waals surface area contributed by atoms with Crippen molar-refractivity contribution in [3.05, 3.63) is 170 Å². The lowest BCUT2D eigenvalue weighted by Gasteiger charge is -2.27. The molecule has 3 aromatic heterocycles. The Kier molecular flexibility index (Phi) is 6.39. The summed E-state index contributed by atoms with van der Waals surface area (Å²) in [5.74, 6) is 0.585. The molecule has 244 valence electrons. The fraction of sp³-hybridized carbons (Fsp3) is 0. The Balaban J connectivity index is 1.14. The molecule has 8 aromatic carbocycles. The summed E-state index contributed by atoms with van der Waals surface area (Å²) in [5, 5.41) is 6.90. The van der Waals surface area contributed by atoms with Crippen LogP contribution in [0.1, 0.15) is 0 Å². The molecular formula is C47H28N2O2S. The maximum absolute atomic E-state index is 6.63. The maximum Gasteiger partial charge on any atom is 0.228 e. The molecule has 5 heteroatoms. The predicted molar refractivity (Wildman–Crippen MR) is 217 cm³/mol. The average molecular weight is 685 g/mol. The number of rotatable bonds is 5. The molecule has 0 spiro atoms. The van der Waals surface area contributed by atoms with Crippen molar-refractivity contribution in [2.45, 2.75) is 0 Å². The summed E-state index contributed by atoms with van der Waals surface area (Å²) in [5.41, 5.74) is 9.74. The highest BCUT2D eigenvalue weighted by Gasteiger charge is 2.22. The summed E-state index contributed by atoms with van der Waals surface area (Å²) in [6.45, 7) is 0. The first-order valence-corrected chi connectivity index (χ1v) is 18.2. The molecule has 0 bridgehead atoms. The Hall–Kier alpha value is -6.69. The highest BCUT2D eigenvalue weighted by atomic mass is 32.1. The van der Waals surface area contributed by atoms with Crippen molar-refractivity contribution in [2.24, 2.45) is 0 Å². The number of para-hydroxylation sites is 2. The van der Waals surface area contributed by atoms with Crippen LogP contribution in [0.3, 0.4) is 0 Å². The molecule has 52 heavy (non-hydrogen) atoms. The standard InChI is InChI=1S/C47H28N2O2S/c1-2-11-29(12-3-1)33-15-8-13-30-27-31(23-25-34(30)33)49(39-18-10-22-44-46(39)36-14-4-7-21-43(36)52-44)32-24-26-35-42(28-32)50-41-20-9-16-37(45(35)41)47-48-38-17-5-6-19-40(38)51-47/h1-28H. The van der Waals surface area contributed by atoms with Crippen LogP contribution in [0.2, 0.25) is 0 Å². The second kappa shape index (κ2) is 11.4. The third kappa shape index (κ3) is 4.50. The van der Waals surface area contributed by atoms with E-state index in [-0.39, 0.29) is 0 Å². The number of fused-ring (bicyclic) bond motifs is 8. The smallest absolute Gasteiger partial charge is 0.228 e. The number of benzene rings is 8. The fourth-order valence-corrected chi connectivity index (χ4v) is 8.90. The second-order valence-corrected chi connectivity index (χ2v) is 14.2. The van der Waals surface area contributed by atoms with E-state index < -0.39 is 0 Å². The molecule has 0 fully saturated rings. The number of furan rings is 1. The van der Waals surface area contributed by atoms with Gasteiger partial charge in [0, 0.05) is 53.9 Å². The molecule has 0 saturated carbocycles. The van der Waals surface area contributed by atoms with Crippen LogP contribution in [0.25, 0.3) is 86.6 Å². The van der Waals surface area contributed by atoms with Crippen molar-refractivity contribution in [1.29, 1.82) is 0 Å². The van der Waals surface area contributed by atoms with Crippen LogP contribution in [0, 0.1) is 0 Å². The molecule has 0 aliphatic carbocycles. The van der Waals surface area contributed by atoms with Gasteiger partial charge in [-0.15, -0.1) is 11.3 Å². The monoisotopic (exact) mass is 684 g/mol. The van der Waals surface area contributed by atoms with Gasteiger partial charge in [0.2, 0.25) is 5.89 Å². The molecule has 0 aliphatic rings. The molecule has 0 unspecified atom stereocenters. The van der Waals surface area contributed by atoms with E-state index >= 15 is 0 Å². The number of anilines is 3. The molecule has 11 rings (SSSR count). The number of oxazole rings is 1. The van der Waals surface area contributed by atoms with E-state index in [1.54, 1.807) is 0 Å². The molecule has 0 radical (unpaired) electrons. The molecule has 0 N–H and O–H groups in total. The lowest BCUT2D eigenvalue weighted by Crippen LogP contribution is -2.10. The van der Waals surface area contributed by atoms with E-state index in [2.05, 4.69) is 138 Å². The van der Waals surface area contributed by atoms with E-state index in [1.807, 2.05) is 47.7 Å². The van der Waals surface area contributed by atoms with Crippen LogP contribution in [-0.4, -0.2) is 4.98 Å². The van der Waals surface area contributed by atoms with E-state index in [1.165, 1.54) is 42.1 Å². The summed E-state index contributed by atoms with van der Waals surface area (Å²) in [4.78, 5) is 7.21. The normalized spacial score (nSPS) is 11.8. The third-order valence-corrected chi connectivity index (χ3v) is 11.2. The van der Waals surface area contributed by atoms with Crippen molar-refractivity contribution < 1.29 is 8.83 Å². The van der Waals surface area contributed by atoms with Gasteiger partial charge in [-0.3, -0.25) is 0 Å². The van der Waals surface area contributed by atoms with E-state index in [0.29, 0.717) is 5.89 Å². The van der Waals surface area contributed by atoms with Crippen LogP contribution in [0.15, 0.2) is 179 Å². The minimum atomic E-state index is 0.585. The molecule has 3 heterocycles. The van der Waals surface area contributed by atoms with Gasteiger partial charge in [0.05, 0.1) is 5.69 Å². The van der Waals surface area contributed by atoms with E-state index in [9.17, 15) is 0 Å². The largest absolute Gasteiger partial charge is 0.456 e. The second-order valence-electron chi connectivity index (χ2n) is 13.1. The summed E-state index contributed by atoms with van der Waals surface area (Å²) in [7, 11) is 0. The van der Waals surface area contributed by atoms with E-state index in [4.69, 9.17) is 13.8 Å². The zero-order valence-corrected chi connectivity index (χ0v) is 28.6. The number of nitrogens with zero attached hydrogens (tertiary/aromatic N) is 2. The van der Waals surface area contributed by atoms with Gasteiger partial charge in [0.1, 0.15) is 16.7 Å². The van der Waals surface area contributed by atoms with Crippen molar-refractivity contribution >= 4 is 92.4 Å². The highest BCUT2D eigenvalue weighted by Crippen LogP contribution is 2.47. The average Bonchev–Trinajstić information content (AvgIpc) is 3.91. The van der Waals surface area contributed by atoms with Crippen LogP contribution in [0.5, 0.6) is 0 Å². The van der Waals surface area contributed by atoms with Gasteiger partial charge in [-0.25, -0.2) is 4.98 Å². The Morgan fingerprint density at radius 1 is 0.462 bits per heavy atom. The SMILES string of the molecule is c1ccc(-c2cccc3cc(N(c4ccc5c(c4)oc4cccc(-c6nc7ccccc7o6)c45)c4cccc5sc6ccccc6c45)ccc23)cc1. The molecular weight excluding hydrogens is 657 g/mol. The van der Waals surface area contributed by atoms with Gasteiger partial charge in [-0.05, 0) is 88.6 Å². The molecule has 11 aromatic rings. The first-order valence-electron chi connectivity index (χ1n) is 17.4. The van der Waals surface area contributed by atoms with Crippen LogP contribution in [0.4, 0.5) is 17.1 Å². The van der Waals surface area contributed by atoms with Gasteiger partial charge < -0.3 is 13.7 Å². The highest BCUT2D eigenvalue weighted by molar-refractivity contribution is 7.26. The van der Waals surface area contributed by atoms with Gasteiger partial charge in [0.25, 0.3) is 0 Å². The Bertz CT molecular complexity index is 3120. The minimum Gasteiger partial charge on any atom is -0.456 e. The van der Waals surface area contributed by atoms with Crippen molar-refractivity contribution in [2.75, 3.05) is 4.90 Å². The maximum atomic E-state index is 6.63. The van der Waals surface area contributed by atoms with Gasteiger partial charge >= 0.3 is 0 Å². The molecule has 0 amide bonds. The predicted octanol–water partition coefficient (Wildman–Crippen LogP) is 14.1. The van der Waals surface area contributed by atoms with Crippen molar-refractivity contribution in [3.63, 3.8) is 0 Å². The van der Waals surface area contributed by atoms with Gasteiger partial charge in [-0.2, -0.15) is 0 Å². The first-order chi connectivity index (χ1) is 25.8. The molecule has 4 nitrogen and oxygen atoms in total. The number of hydrogen-bond acceptors (Lipinski definition) is 5. The van der Waals surface area contributed by atoms with Crippen LogP contribution >= 0.6 is 11.3 Å². The zero-order chi connectivity index (χ0) is 34.2. The summed E-state index contributed by atoms with van der Waals surface area (Å²) in [6, 6.07) is 59.8. The van der Waals surface area contributed by atoms with Crippen molar-refractivity contribution in [1.82, 2.24) is 4.98 Å². The summed E-state index contributed by atoms with van der Waals surface area (Å²) >= 11 is 1.83. The Labute approximate surface area is 302 Å². The summed E-state index contributed by atoms with van der Waals surface area (Å²) in [6.07, 6.45) is 0. The lowest BCUT2D eigenvalue weighted by atomic mass is 9.97. The Morgan fingerprint density at radius 3 is 2.12 bits per heavy atom. The number of aromatic nitrogens is 1. The lowest BCUT2D eigenvalue weighted by molar-refractivity contribution is 0.620. The zero-order valence-electron chi connectivity index (χ0n) is 27.8. The molecule has 0 aliphatic heterocycles. The molecule has 0 saturated heterocycles. The molecule has 0 atom stereocenters. The van der Waals surface area contributed by atoms with E-state index in [0.717, 1.165) is 55.7 Å². The van der Waals surface area contributed by atoms with Gasteiger partial charge in [-0.1, -0.05) is 97.1 Å². The quantitative estimate of drug-likeness (QED) is 0.181. The fourth-order valence-electron chi connectivity index (χ4n) is 7.77. The first kappa shape index (κ1) is 29.1. The number of hydrogen-bond donors (Lipinski definition) is 0. The third-order valence-electron chi connectivity index (χ3n) is 10.1. The minimum absolute atomic E-state index is 0.585. The van der Waals surface area contributed by atoms with Crippen LogP contribution < -0.4 is 4.90 Å². The summed E-state index contributed by atoms with van der Waals surface area (Å²) < 4.78 is 15.4. The number of thiophene rings is 1. The Morgan fingerprint density at radius 2 is 1.19 bits per heavy atom. The van der Waals surface area contributed by atoms with Crippen molar-refractivity contribution in [3.8, 4) is 22.6 Å².